The minimum Gasteiger partial charge on any atom is -0.368 e. The number of hydrogen-bond acceptors (Lipinski definition) is 6. The van der Waals surface area contributed by atoms with E-state index in [4.69, 9.17) is 5.73 Å². The smallest absolute Gasteiger partial charge is 0.229 e. The summed E-state index contributed by atoms with van der Waals surface area (Å²) in [6.07, 6.45) is 0. The van der Waals surface area contributed by atoms with E-state index in [1.165, 1.54) is 17.8 Å². The summed E-state index contributed by atoms with van der Waals surface area (Å²) in [5.74, 6) is -0.287. The Morgan fingerprint density at radius 2 is 1.90 bits per heavy atom. The topological polar surface area (TPSA) is 67.9 Å². The molecule has 0 atom stereocenters. The lowest BCUT2D eigenvalue weighted by Crippen LogP contribution is -2.15. The summed E-state index contributed by atoms with van der Waals surface area (Å²) >= 11 is 1.29. The van der Waals surface area contributed by atoms with Crippen molar-refractivity contribution in [2.24, 2.45) is 0 Å². The zero-order valence-corrected chi connectivity index (χ0v) is 11.8. The number of thioether (sulfide) groups is 1. The van der Waals surface area contributed by atoms with E-state index in [0.717, 1.165) is 12.1 Å². The molecule has 1 aromatic heterocycles. The minimum atomic E-state index is -0.876. The van der Waals surface area contributed by atoms with E-state index < -0.39 is 11.6 Å². The summed E-state index contributed by atoms with van der Waals surface area (Å²) in [5, 5.41) is 0. The van der Waals surface area contributed by atoms with Crippen LogP contribution in [0.15, 0.2) is 23.1 Å². The second-order valence-electron chi connectivity index (χ2n) is 4.17. The minimum absolute atomic E-state index is 0.129. The molecule has 0 spiro atoms. The summed E-state index contributed by atoms with van der Waals surface area (Å²) in [4.78, 5) is 14.5. The van der Waals surface area contributed by atoms with Gasteiger partial charge in [-0.25, -0.2) is 8.78 Å². The van der Waals surface area contributed by atoms with Crippen LogP contribution in [0.25, 0.3) is 0 Å². The van der Waals surface area contributed by atoms with Gasteiger partial charge >= 0.3 is 0 Å². The molecule has 0 fully saturated rings. The van der Waals surface area contributed by atoms with Crippen LogP contribution >= 0.6 is 11.8 Å². The number of aromatic nitrogens is 3. The van der Waals surface area contributed by atoms with Crippen molar-refractivity contribution in [3.05, 3.63) is 35.7 Å². The maximum Gasteiger partial charge on any atom is 0.229 e. The van der Waals surface area contributed by atoms with Gasteiger partial charge in [-0.1, -0.05) is 0 Å². The van der Waals surface area contributed by atoms with Crippen molar-refractivity contribution < 1.29 is 8.78 Å². The van der Waals surface area contributed by atoms with E-state index in [1.807, 2.05) is 0 Å². The standard InChI is InChI=1S/C12H13F2N5S/c1-19(2)12-17-10(16-11(15)18-12)6-20-7-3-4-8(13)9(14)5-7/h3-5H,6H2,1-2H3,(H2,15,16,17,18). The first kappa shape index (κ1) is 14.4. The Kier molecular flexibility index (Phi) is 4.33. The highest BCUT2D eigenvalue weighted by Gasteiger charge is 2.08. The first-order valence-corrected chi connectivity index (χ1v) is 6.70. The van der Waals surface area contributed by atoms with E-state index in [0.29, 0.717) is 22.4 Å². The second kappa shape index (κ2) is 6.00. The van der Waals surface area contributed by atoms with Gasteiger partial charge in [-0.15, -0.1) is 11.8 Å². The summed E-state index contributed by atoms with van der Waals surface area (Å²) in [6.45, 7) is 0. The van der Waals surface area contributed by atoms with Crippen molar-refractivity contribution in [3.63, 3.8) is 0 Å². The third-order valence-electron chi connectivity index (χ3n) is 2.35. The van der Waals surface area contributed by atoms with Crippen LogP contribution in [-0.2, 0) is 5.75 Å². The summed E-state index contributed by atoms with van der Waals surface area (Å²) < 4.78 is 25.9. The molecule has 8 heteroatoms. The first-order valence-electron chi connectivity index (χ1n) is 5.71. The lowest BCUT2D eigenvalue weighted by molar-refractivity contribution is 0.506. The number of nitrogens with two attached hydrogens (primary N) is 1. The Labute approximate surface area is 119 Å². The van der Waals surface area contributed by atoms with E-state index in [-0.39, 0.29) is 5.95 Å². The Bertz CT molecular complexity index is 621. The highest BCUT2D eigenvalue weighted by atomic mass is 32.2. The van der Waals surface area contributed by atoms with Gasteiger partial charge in [-0.2, -0.15) is 15.0 Å². The van der Waals surface area contributed by atoms with Crippen molar-refractivity contribution in [1.29, 1.82) is 0 Å². The molecule has 0 aliphatic heterocycles. The van der Waals surface area contributed by atoms with E-state index >= 15 is 0 Å². The number of nitrogens with zero attached hydrogens (tertiary/aromatic N) is 4. The molecule has 0 aliphatic carbocycles. The molecule has 2 rings (SSSR count). The van der Waals surface area contributed by atoms with Gasteiger partial charge in [0, 0.05) is 19.0 Å². The van der Waals surface area contributed by atoms with Crippen molar-refractivity contribution in [2.75, 3.05) is 24.7 Å². The van der Waals surface area contributed by atoms with Crippen LogP contribution in [0.5, 0.6) is 0 Å². The molecule has 0 saturated heterocycles. The number of rotatable bonds is 4. The fourth-order valence-corrected chi connectivity index (χ4v) is 2.18. The van der Waals surface area contributed by atoms with Gasteiger partial charge in [0.15, 0.2) is 11.6 Å². The number of anilines is 2. The summed E-state index contributed by atoms with van der Waals surface area (Å²) in [6, 6.07) is 3.72. The second-order valence-corrected chi connectivity index (χ2v) is 5.22. The number of hydrogen-bond donors (Lipinski definition) is 1. The van der Waals surface area contributed by atoms with Crippen molar-refractivity contribution in [1.82, 2.24) is 15.0 Å². The molecule has 0 aliphatic rings. The van der Waals surface area contributed by atoms with E-state index in [1.54, 1.807) is 19.0 Å². The van der Waals surface area contributed by atoms with Crippen LogP contribution in [0.2, 0.25) is 0 Å². The van der Waals surface area contributed by atoms with Crippen LogP contribution in [0.1, 0.15) is 5.82 Å². The number of nitrogen functional groups attached to an aromatic ring is 1. The normalized spacial score (nSPS) is 10.6. The van der Waals surface area contributed by atoms with Gasteiger partial charge in [0.05, 0.1) is 5.75 Å². The Morgan fingerprint density at radius 3 is 2.55 bits per heavy atom. The Hall–Kier alpha value is -1.96. The van der Waals surface area contributed by atoms with Crippen LogP contribution < -0.4 is 10.6 Å². The molecule has 0 saturated carbocycles. The molecule has 0 bridgehead atoms. The predicted molar refractivity (Wildman–Crippen MR) is 74.5 cm³/mol. The van der Waals surface area contributed by atoms with Crippen LogP contribution in [0.3, 0.4) is 0 Å². The zero-order chi connectivity index (χ0) is 14.7. The maximum absolute atomic E-state index is 13.1. The average Bonchev–Trinajstić information content (AvgIpc) is 2.39. The predicted octanol–water partition coefficient (Wildman–Crippen LogP) is 2.09. The zero-order valence-electron chi connectivity index (χ0n) is 11.0. The quantitative estimate of drug-likeness (QED) is 0.872. The summed E-state index contributed by atoms with van der Waals surface area (Å²) in [5.41, 5.74) is 5.60. The highest BCUT2D eigenvalue weighted by Crippen LogP contribution is 2.23. The van der Waals surface area contributed by atoms with Gasteiger partial charge in [0.25, 0.3) is 0 Å². The third kappa shape index (κ3) is 3.53. The third-order valence-corrected chi connectivity index (χ3v) is 3.34. The lowest BCUT2D eigenvalue weighted by Gasteiger charge is -2.11. The molecule has 1 aromatic carbocycles. The van der Waals surface area contributed by atoms with Gasteiger partial charge in [0.2, 0.25) is 11.9 Å². The van der Waals surface area contributed by atoms with E-state index in [9.17, 15) is 8.78 Å². The first-order chi connectivity index (χ1) is 9.45. The van der Waals surface area contributed by atoms with E-state index in [2.05, 4.69) is 15.0 Å². The SMILES string of the molecule is CN(C)c1nc(N)nc(CSc2ccc(F)c(F)c2)n1. The Balaban J connectivity index is 2.12. The molecule has 2 aromatic rings. The van der Waals surface area contributed by atoms with Crippen molar-refractivity contribution >= 4 is 23.7 Å². The van der Waals surface area contributed by atoms with Gasteiger partial charge in [-0.3, -0.25) is 0 Å². The van der Waals surface area contributed by atoms with Crippen molar-refractivity contribution in [3.8, 4) is 0 Å². The fraction of sp³-hybridized carbons (Fsp3) is 0.250. The monoisotopic (exact) mass is 297 g/mol. The lowest BCUT2D eigenvalue weighted by atomic mass is 10.3. The fourth-order valence-electron chi connectivity index (χ4n) is 1.40. The molecule has 0 radical (unpaired) electrons. The van der Waals surface area contributed by atoms with Gasteiger partial charge < -0.3 is 10.6 Å². The number of halogens is 2. The van der Waals surface area contributed by atoms with Crippen LogP contribution in [-0.4, -0.2) is 29.0 Å². The molecular weight excluding hydrogens is 284 g/mol. The molecule has 5 nitrogen and oxygen atoms in total. The Morgan fingerprint density at radius 1 is 1.15 bits per heavy atom. The van der Waals surface area contributed by atoms with Crippen molar-refractivity contribution in [2.45, 2.75) is 10.6 Å². The molecule has 0 unspecified atom stereocenters. The molecule has 20 heavy (non-hydrogen) atoms. The van der Waals surface area contributed by atoms with Crippen LogP contribution in [0, 0.1) is 11.6 Å². The number of benzene rings is 1. The molecule has 0 amide bonds. The van der Waals surface area contributed by atoms with Gasteiger partial charge in [-0.05, 0) is 18.2 Å². The summed E-state index contributed by atoms with van der Waals surface area (Å²) in [7, 11) is 3.59. The highest BCUT2D eigenvalue weighted by molar-refractivity contribution is 7.98. The molecule has 106 valence electrons. The molecule has 1 heterocycles. The van der Waals surface area contributed by atoms with Crippen LogP contribution in [0.4, 0.5) is 20.7 Å². The maximum atomic E-state index is 13.1. The largest absolute Gasteiger partial charge is 0.368 e. The molecular formula is C12H13F2N5S. The van der Waals surface area contributed by atoms with Gasteiger partial charge in [0.1, 0.15) is 5.82 Å². The molecule has 2 N–H and O–H groups in total. The average molecular weight is 297 g/mol.